The van der Waals surface area contributed by atoms with Gasteiger partial charge in [0.15, 0.2) is 0 Å². The summed E-state index contributed by atoms with van der Waals surface area (Å²) >= 11 is 5.95. The second-order valence-corrected chi connectivity index (χ2v) is 8.17. The van der Waals surface area contributed by atoms with E-state index in [0.29, 0.717) is 38.8 Å². The number of anilines is 3. The van der Waals surface area contributed by atoms with Crippen LogP contribution in [0.2, 0.25) is 5.02 Å². The van der Waals surface area contributed by atoms with Crippen LogP contribution in [0, 0.1) is 0 Å². The summed E-state index contributed by atoms with van der Waals surface area (Å²) in [7, 11) is 0. The van der Waals surface area contributed by atoms with Crippen molar-refractivity contribution in [1.29, 1.82) is 0 Å². The van der Waals surface area contributed by atoms with Crippen LogP contribution in [0.4, 0.5) is 21.6 Å². The summed E-state index contributed by atoms with van der Waals surface area (Å²) in [6.07, 6.45) is 0. The molecule has 0 aliphatic heterocycles. The number of nitrogens with two attached hydrogens (primary N) is 1. The number of hydrogen-bond donors (Lipinski definition) is 5. The molecule has 4 aromatic rings. The predicted molar refractivity (Wildman–Crippen MR) is 135 cm³/mol. The van der Waals surface area contributed by atoms with E-state index < -0.39 is 12.6 Å². The van der Waals surface area contributed by atoms with Gasteiger partial charge in [0, 0.05) is 39.6 Å². The molecule has 0 unspecified atom stereocenters. The molecule has 178 valence electrons. The number of aromatic nitrogens is 1. The lowest BCUT2D eigenvalue weighted by Gasteiger charge is -2.13. The lowest BCUT2D eigenvalue weighted by Crippen LogP contribution is -2.24. The van der Waals surface area contributed by atoms with Crippen LogP contribution < -0.4 is 16.4 Å². The zero-order chi connectivity index (χ0) is 24.9. The molecule has 0 spiro atoms. The van der Waals surface area contributed by atoms with Gasteiger partial charge < -0.3 is 26.6 Å². The van der Waals surface area contributed by atoms with Crippen molar-refractivity contribution in [2.24, 2.45) is 0 Å². The van der Waals surface area contributed by atoms with Crippen LogP contribution in [-0.4, -0.2) is 21.1 Å². The summed E-state index contributed by atoms with van der Waals surface area (Å²) in [5.74, 6) is -0.435. The largest absolute Gasteiger partial charge is 0.508 e. The first-order valence-electron chi connectivity index (χ1n) is 10.6. The highest BCUT2D eigenvalue weighted by molar-refractivity contribution is 6.30. The molecular weight excluding hydrogens is 471 g/mol. The van der Waals surface area contributed by atoms with E-state index in [1.54, 1.807) is 48.5 Å². The molecule has 0 radical (unpaired) electrons. The van der Waals surface area contributed by atoms with E-state index in [0.717, 1.165) is 0 Å². The Morgan fingerprint density at radius 1 is 0.971 bits per heavy atom. The van der Waals surface area contributed by atoms with E-state index in [1.165, 1.54) is 24.3 Å². The average Bonchev–Trinajstić information content (AvgIpc) is 2.85. The van der Waals surface area contributed by atoms with Crippen molar-refractivity contribution in [2.45, 2.75) is 13.2 Å². The molecule has 0 saturated heterocycles. The molecule has 1 heterocycles. The highest BCUT2D eigenvalue weighted by Crippen LogP contribution is 2.33. The van der Waals surface area contributed by atoms with E-state index in [1.807, 2.05) is 0 Å². The van der Waals surface area contributed by atoms with E-state index in [-0.39, 0.29) is 29.4 Å². The molecule has 35 heavy (non-hydrogen) atoms. The maximum Gasteiger partial charge on any atom is 0.255 e. The molecule has 1 aromatic heterocycles. The molecule has 3 aromatic carbocycles. The van der Waals surface area contributed by atoms with Crippen molar-refractivity contribution >= 4 is 34.7 Å². The zero-order valence-electron chi connectivity index (χ0n) is 18.4. The number of nitrogens with zero attached hydrogens (tertiary/aromatic N) is 1. The zero-order valence-corrected chi connectivity index (χ0v) is 19.2. The predicted octanol–water partition coefficient (Wildman–Crippen LogP) is 5.54. The van der Waals surface area contributed by atoms with Crippen molar-refractivity contribution in [2.75, 3.05) is 11.1 Å². The maximum atomic E-state index is 13.4. The lowest BCUT2D eigenvalue weighted by molar-refractivity contribution is 0.0951. The molecule has 6 N–H and O–H groups in total. The molecule has 0 saturated carbocycles. The van der Waals surface area contributed by atoms with Crippen molar-refractivity contribution < 1.29 is 19.4 Å². The smallest absolute Gasteiger partial charge is 0.255 e. The van der Waals surface area contributed by atoms with Gasteiger partial charge in [-0.1, -0.05) is 29.8 Å². The standard InChI is InChI=1S/C26H22ClFN4O3/c27-17-5-8-21(16(11-17)13-28)31-18-6-10-24(34)20(12-18)22-9-7-19(25(29)32-22)26(35)30-14-15-3-1-2-4-23(15)33/h1-12,31,33-34H,13-14H2,(H2,29,32)(H,30,35). The van der Waals surface area contributed by atoms with Gasteiger partial charge in [-0.05, 0) is 54.6 Å². The summed E-state index contributed by atoms with van der Waals surface area (Å²) in [6.45, 7) is -0.577. The van der Waals surface area contributed by atoms with Crippen molar-refractivity contribution in [3.63, 3.8) is 0 Å². The number of phenolic OH excluding ortho intramolecular Hbond substituents is 2. The fourth-order valence-corrected chi connectivity index (χ4v) is 3.71. The molecule has 1 amide bonds. The molecule has 9 heteroatoms. The van der Waals surface area contributed by atoms with Crippen LogP contribution in [0.25, 0.3) is 11.3 Å². The van der Waals surface area contributed by atoms with Crippen LogP contribution in [0.15, 0.2) is 72.8 Å². The van der Waals surface area contributed by atoms with E-state index in [9.17, 15) is 19.4 Å². The average molecular weight is 493 g/mol. The Labute approximate surface area is 206 Å². The van der Waals surface area contributed by atoms with E-state index in [4.69, 9.17) is 17.3 Å². The van der Waals surface area contributed by atoms with Gasteiger partial charge in [0.2, 0.25) is 0 Å². The van der Waals surface area contributed by atoms with Gasteiger partial charge in [-0.25, -0.2) is 9.37 Å². The molecule has 0 atom stereocenters. The first-order chi connectivity index (χ1) is 16.9. The number of aromatic hydroxyl groups is 2. The van der Waals surface area contributed by atoms with Crippen LogP contribution in [0.3, 0.4) is 0 Å². The third kappa shape index (κ3) is 5.44. The molecule has 0 aliphatic rings. The number of benzene rings is 3. The SMILES string of the molecule is Nc1nc(-c2cc(Nc3ccc(Cl)cc3CF)ccc2O)ccc1C(=O)NCc1ccccc1O. The maximum absolute atomic E-state index is 13.4. The second kappa shape index (κ2) is 10.3. The normalized spacial score (nSPS) is 10.7. The highest BCUT2D eigenvalue weighted by atomic mass is 35.5. The van der Waals surface area contributed by atoms with E-state index >= 15 is 0 Å². The Morgan fingerprint density at radius 3 is 2.51 bits per heavy atom. The third-order valence-electron chi connectivity index (χ3n) is 5.36. The number of amides is 1. The van der Waals surface area contributed by atoms with Crippen molar-refractivity contribution in [3.8, 4) is 22.8 Å². The summed E-state index contributed by atoms with van der Waals surface area (Å²) < 4.78 is 13.4. The van der Waals surface area contributed by atoms with Crippen LogP contribution in [0.1, 0.15) is 21.5 Å². The summed E-state index contributed by atoms with van der Waals surface area (Å²) in [5, 5.41) is 26.5. The van der Waals surface area contributed by atoms with Gasteiger partial charge in [-0.3, -0.25) is 4.79 Å². The number of pyridine rings is 1. The summed E-state index contributed by atoms with van der Waals surface area (Å²) in [4.78, 5) is 16.9. The molecule has 4 rings (SSSR count). The number of nitrogen functional groups attached to an aromatic ring is 1. The van der Waals surface area contributed by atoms with Crippen LogP contribution in [0.5, 0.6) is 11.5 Å². The molecule has 7 nitrogen and oxygen atoms in total. The number of halogens is 2. The first kappa shape index (κ1) is 23.8. The highest BCUT2D eigenvalue weighted by Gasteiger charge is 2.15. The molecule has 0 fully saturated rings. The van der Waals surface area contributed by atoms with Gasteiger partial charge in [-0.2, -0.15) is 0 Å². The quantitative estimate of drug-likeness (QED) is 0.216. The Hall–Kier alpha value is -4.30. The van der Waals surface area contributed by atoms with E-state index in [2.05, 4.69) is 15.6 Å². The van der Waals surface area contributed by atoms with Gasteiger partial charge in [0.1, 0.15) is 24.0 Å². The summed E-state index contributed by atoms with van der Waals surface area (Å²) in [5.41, 5.74) is 9.02. The Kier molecular flexibility index (Phi) is 7.03. The van der Waals surface area contributed by atoms with Gasteiger partial charge in [0.05, 0.1) is 11.3 Å². The number of carbonyl (C=O) groups excluding carboxylic acids is 1. The Morgan fingerprint density at radius 2 is 1.77 bits per heavy atom. The van der Waals surface area contributed by atoms with Crippen molar-refractivity contribution in [3.05, 3.63) is 94.5 Å². The molecule has 0 aliphatic carbocycles. The topological polar surface area (TPSA) is 121 Å². The number of nitrogens with one attached hydrogen (secondary N) is 2. The fraction of sp³-hybridized carbons (Fsp3) is 0.0769. The number of rotatable bonds is 7. The Bertz CT molecular complexity index is 1400. The van der Waals surface area contributed by atoms with Crippen molar-refractivity contribution in [1.82, 2.24) is 10.3 Å². The van der Waals surface area contributed by atoms with Gasteiger partial charge in [0.25, 0.3) is 5.91 Å². The van der Waals surface area contributed by atoms with Gasteiger partial charge >= 0.3 is 0 Å². The van der Waals surface area contributed by atoms with Crippen LogP contribution >= 0.6 is 11.6 Å². The number of alkyl halides is 1. The molecular formula is C26H22ClFN4O3. The minimum absolute atomic E-state index is 0.0209. The monoisotopic (exact) mass is 492 g/mol. The molecule has 0 bridgehead atoms. The summed E-state index contributed by atoms with van der Waals surface area (Å²) in [6, 6.07) is 19.4. The third-order valence-corrected chi connectivity index (χ3v) is 5.60. The Balaban J connectivity index is 1.55. The number of phenols is 2. The minimum Gasteiger partial charge on any atom is -0.508 e. The minimum atomic E-state index is -0.695. The fourth-order valence-electron chi connectivity index (χ4n) is 3.52. The first-order valence-corrected chi connectivity index (χ1v) is 11.0. The number of hydrogen-bond acceptors (Lipinski definition) is 6. The number of para-hydroxylation sites is 1. The van der Waals surface area contributed by atoms with Crippen LogP contribution in [-0.2, 0) is 13.2 Å². The van der Waals surface area contributed by atoms with Gasteiger partial charge in [-0.15, -0.1) is 0 Å². The lowest BCUT2D eigenvalue weighted by atomic mass is 10.1. The number of carbonyl (C=O) groups is 1. The second-order valence-electron chi connectivity index (χ2n) is 7.73.